The summed E-state index contributed by atoms with van der Waals surface area (Å²) in [6, 6.07) is 5.72. The fourth-order valence-electron chi connectivity index (χ4n) is 3.84. The van der Waals surface area contributed by atoms with Crippen molar-refractivity contribution in [2.24, 2.45) is 0 Å². The minimum absolute atomic E-state index is 0. The van der Waals surface area contributed by atoms with Crippen molar-refractivity contribution in [3.05, 3.63) is 60.7 Å². The second-order valence-electron chi connectivity index (χ2n) is 8.78. The summed E-state index contributed by atoms with van der Waals surface area (Å²) in [6.07, 6.45) is 26.7. The van der Waals surface area contributed by atoms with Gasteiger partial charge in [-0.3, -0.25) is 4.98 Å². The van der Waals surface area contributed by atoms with Crippen LogP contribution >= 0.6 is 12.4 Å². The Labute approximate surface area is 214 Å². The molecule has 192 valence electrons. The van der Waals surface area contributed by atoms with Gasteiger partial charge in [0.15, 0.2) is 5.75 Å². The maximum absolute atomic E-state index is 11.4. The van der Waals surface area contributed by atoms with Crippen LogP contribution in [0.25, 0.3) is 0 Å². The summed E-state index contributed by atoms with van der Waals surface area (Å²) in [5.41, 5.74) is 2.01. The molecule has 0 aromatic carbocycles. The largest absolute Gasteiger partial charge is 0.421 e. The summed E-state index contributed by atoms with van der Waals surface area (Å²) < 4.78 is 5.35. The topological polar surface area (TPSA) is 55.0 Å². The van der Waals surface area contributed by atoms with Crippen LogP contribution in [0.15, 0.2) is 49.4 Å². The number of esters is 1. The Morgan fingerprint density at radius 3 is 1.79 bits per heavy atom. The van der Waals surface area contributed by atoms with E-state index in [9.17, 15) is 4.79 Å². The lowest BCUT2D eigenvalue weighted by Gasteiger charge is -2.06. The Bertz CT molecular complexity index is 704. The van der Waals surface area contributed by atoms with Crippen molar-refractivity contribution < 1.29 is 9.53 Å². The van der Waals surface area contributed by atoms with Gasteiger partial charge >= 0.3 is 5.97 Å². The van der Waals surface area contributed by atoms with Crippen molar-refractivity contribution in [3.63, 3.8) is 0 Å². The first-order chi connectivity index (χ1) is 16.2. The first-order valence-corrected chi connectivity index (χ1v) is 13.0. The van der Waals surface area contributed by atoms with Gasteiger partial charge in [0.25, 0.3) is 0 Å². The number of unbranched alkanes of at least 4 members (excludes halogenated alkanes) is 13. The molecule has 1 N–H and O–H groups in total. The molecule has 0 spiro atoms. The number of nitrogens with one attached hydrogen (secondary N) is 1. The van der Waals surface area contributed by atoms with Crippen LogP contribution in [0.5, 0.6) is 5.75 Å². The third-order valence-electron chi connectivity index (χ3n) is 5.81. The van der Waals surface area contributed by atoms with E-state index in [1.165, 1.54) is 89.5 Å². The fraction of sp³-hybridized carbons (Fsp3) is 0.586. The molecule has 0 saturated heterocycles. The highest BCUT2D eigenvalue weighted by Gasteiger charge is 2.12. The number of nitrogens with zero attached hydrogens (tertiary/aromatic N) is 1. The summed E-state index contributed by atoms with van der Waals surface area (Å²) >= 11 is 0. The van der Waals surface area contributed by atoms with Crippen molar-refractivity contribution in [2.45, 2.75) is 110 Å². The number of rotatable bonds is 17. The standard InChI is InChI=1S/C24H41NO2.C5H5N.ClH/c1-4-6-7-8-9-10-11-12-13-14-15-16-17-18-19-22-24(21(3)20-25-22)27-23(26)5-2;1-2-4-6-5-3-1;/h5,20,25H,2,4,6-19H2,1,3H3;1-5H;1H. The van der Waals surface area contributed by atoms with Gasteiger partial charge in [0.1, 0.15) is 0 Å². The number of H-pyrrole nitrogens is 1. The Balaban J connectivity index is 0.00000134. The van der Waals surface area contributed by atoms with Crippen LogP contribution in [0.1, 0.15) is 108 Å². The molecule has 34 heavy (non-hydrogen) atoms. The third-order valence-corrected chi connectivity index (χ3v) is 5.81. The molecule has 0 atom stereocenters. The molecule has 0 radical (unpaired) electrons. The number of carbonyl (C=O) groups excluding carboxylic acids is 1. The smallest absolute Gasteiger partial charge is 0.335 e. The lowest BCUT2D eigenvalue weighted by Crippen LogP contribution is -2.05. The van der Waals surface area contributed by atoms with E-state index in [2.05, 4.69) is 23.5 Å². The predicted octanol–water partition coefficient (Wildman–Crippen LogP) is 8.94. The maximum Gasteiger partial charge on any atom is 0.335 e. The van der Waals surface area contributed by atoms with Crippen LogP contribution in [-0.4, -0.2) is 15.9 Å². The van der Waals surface area contributed by atoms with Gasteiger partial charge in [0.05, 0.1) is 5.69 Å². The molecule has 0 aliphatic heterocycles. The zero-order valence-electron chi connectivity index (χ0n) is 21.5. The van der Waals surface area contributed by atoms with Crippen LogP contribution < -0.4 is 4.74 Å². The molecular formula is C29H47ClN2O2. The van der Waals surface area contributed by atoms with E-state index in [0.717, 1.165) is 24.1 Å². The number of hydrogen-bond donors (Lipinski definition) is 1. The number of pyridine rings is 1. The molecular weight excluding hydrogens is 444 g/mol. The highest BCUT2D eigenvalue weighted by atomic mass is 35.5. The number of carbonyl (C=O) groups is 1. The highest BCUT2D eigenvalue weighted by Crippen LogP contribution is 2.25. The van der Waals surface area contributed by atoms with Crippen molar-refractivity contribution >= 4 is 18.4 Å². The zero-order chi connectivity index (χ0) is 24.0. The van der Waals surface area contributed by atoms with Crippen molar-refractivity contribution in [1.29, 1.82) is 0 Å². The van der Waals surface area contributed by atoms with Crippen molar-refractivity contribution in [3.8, 4) is 5.75 Å². The lowest BCUT2D eigenvalue weighted by molar-refractivity contribution is -0.129. The minimum atomic E-state index is -0.389. The molecule has 0 amide bonds. The molecule has 0 saturated carbocycles. The number of ether oxygens (including phenoxy) is 1. The average molecular weight is 491 g/mol. The van der Waals surface area contributed by atoms with Gasteiger partial charge in [-0.15, -0.1) is 12.4 Å². The summed E-state index contributed by atoms with van der Waals surface area (Å²) in [5.74, 6) is 0.300. The number of aromatic amines is 1. The molecule has 0 fully saturated rings. The van der Waals surface area contributed by atoms with Crippen molar-refractivity contribution in [2.75, 3.05) is 0 Å². The maximum atomic E-state index is 11.4. The van der Waals surface area contributed by atoms with E-state index in [1.807, 2.05) is 31.3 Å². The zero-order valence-corrected chi connectivity index (χ0v) is 22.3. The van der Waals surface area contributed by atoms with Gasteiger partial charge in [0, 0.05) is 30.2 Å². The van der Waals surface area contributed by atoms with Crippen LogP contribution in [0.2, 0.25) is 0 Å². The van der Waals surface area contributed by atoms with Crippen LogP contribution in [0, 0.1) is 6.92 Å². The lowest BCUT2D eigenvalue weighted by atomic mass is 10.0. The molecule has 2 aromatic heterocycles. The van der Waals surface area contributed by atoms with E-state index in [1.54, 1.807) is 12.4 Å². The average Bonchev–Trinajstić information content (AvgIpc) is 3.19. The van der Waals surface area contributed by atoms with Gasteiger partial charge in [-0.25, -0.2) is 4.79 Å². The normalized spacial score (nSPS) is 10.1. The minimum Gasteiger partial charge on any atom is -0.421 e. The number of aromatic nitrogens is 2. The number of aryl methyl sites for hydroxylation is 2. The van der Waals surface area contributed by atoms with Gasteiger partial charge in [-0.1, -0.05) is 103 Å². The second-order valence-corrected chi connectivity index (χ2v) is 8.78. The van der Waals surface area contributed by atoms with Crippen LogP contribution in [-0.2, 0) is 11.2 Å². The van der Waals surface area contributed by atoms with E-state index in [4.69, 9.17) is 4.74 Å². The third kappa shape index (κ3) is 16.5. The number of hydrogen-bond acceptors (Lipinski definition) is 3. The monoisotopic (exact) mass is 490 g/mol. The summed E-state index contributed by atoms with van der Waals surface area (Å²) in [7, 11) is 0. The Morgan fingerprint density at radius 2 is 1.38 bits per heavy atom. The highest BCUT2D eigenvalue weighted by molar-refractivity contribution is 5.85. The van der Waals surface area contributed by atoms with E-state index < -0.39 is 0 Å². The summed E-state index contributed by atoms with van der Waals surface area (Å²) in [6.45, 7) is 7.69. The molecule has 2 heterocycles. The Morgan fingerprint density at radius 1 is 0.882 bits per heavy atom. The molecule has 0 bridgehead atoms. The van der Waals surface area contributed by atoms with E-state index in [0.29, 0.717) is 5.75 Å². The Kier molecular flexibility index (Phi) is 21.3. The molecule has 0 unspecified atom stereocenters. The SMILES string of the molecule is C=CC(=O)Oc1c(C)c[nH]c1CCCCCCCCCCCCCCCC.Cl.c1ccncc1. The van der Waals surface area contributed by atoms with E-state index >= 15 is 0 Å². The van der Waals surface area contributed by atoms with Crippen molar-refractivity contribution in [1.82, 2.24) is 9.97 Å². The second kappa shape index (κ2) is 22.7. The summed E-state index contributed by atoms with van der Waals surface area (Å²) in [5, 5.41) is 0. The molecule has 5 heteroatoms. The summed E-state index contributed by atoms with van der Waals surface area (Å²) in [4.78, 5) is 18.5. The fourth-order valence-corrected chi connectivity index (χ4v) is 3.84. The number of halogens is 1. The molecule has 2 aromatic rings. The molecule has 4 nitrogen and oxygen atoms in total. The van der Waals surface area contributed by atoms with Gasteiger partial charge in [0.2, 0.25) is 0 Å². The molecule has 2 rings (SSSR count). The van der Waals surface area contributed by atoms with E-state index in [-0.39, 0.29) is 18.4 Å². The van der Waals surface area contributed by atoms with Gasteiger partial charge < -0.3 is 9.72 Å². The molecule has 0 aliphatic rings. The molecule has 0 aliphatic carbocycles. The van der Waals surface area contributed by atoms with Crippen LogP contribution in [0.4, 0.5) is 0 Å². The van der Waals surface area contributed by atoms with Crippen LogP contribution in [0.3, 0.4) is 0 Å². The first-order valence-electron chi connectivity index (χ1n) is 13.0. The van der Waals surface area contributed by atoms with Gasteiger partial charge in [-0.05, 0) is 31.9 Å². The predicted molar refractivity (Wildman–Crippen MR) is 147 cm³/mol. The van der Waals surface area contributed by atoms with Gasteiger partial charge in [-0.2, -0.15) is 0 Å². The Hall–Kier alpha value is -2.07. The quantitative estimate of drug-likeness (QED) is 0.137. The first kappa shape index (κ1) is 31.9.